The third-order valence-corrected chi connectivity index (χ3v) is 14.4. The van der Waals surface area contributed by atoms with Gasteiger partial charge in [0.2, 0.25) is 0 Å². The molecule has 2 heteroatoms. The van der Waals surface area contributed by atoms with Gasteiger partial charge in [-0.1, -0.05) is 0 Å². The van der Waals surface area contributed by atoms with Crippen LogP contribution in [-0.2, 0) is 0 Å². The van der Waals surface area contributed by atoms with Crippen LogP contribution in [0.3, 0.4) is 0 Å². The summed E-state index contributed by atoms with van der Waals surface area (Å²) in [5.41, 5.74) is 0. The molecule has 0 atom stereocenters. The monoisotopic (exact) mass is 244 g/mol. The summed E-state index contributed by atoms with van der Waals surface area (Å²) in [6.45, 7) is 5.11. The van der Waals surface area contributed by atoms with Gasteiger partial charge in [-0.3, -0.25) is 0 Å². The van der Waals surface area contributed by atoms with Crippen molar-refractivity contribution in [2.24, 2.45) is 0 Å². The molecule has 0 aromatic carbocycles. The van der Waals surface area contributed by atoms with Crippen molar-refractivity contribution >= 4 is 29.0 Å². The van der Waals surface area contributed by atoms with E-state index in [-0.39, 0.29) is 0 Å². The first kappa shape index (κ1) is 7.12. The van der Waals surface area contributed by atoms with Crippen LogP contribution >= 0.6 is 0 Å². The number of hydrogen-bond donors (Lipinski definition) is 0. The Bertz CT molecular complexity index is 72.6. The first-order valence-electron chi connectivity index (χ1n) is 3.28. The molecule has 0 N–H and O–H groups in total. The Morgan fingerprint density at radius 1 is 1.38 bits per heavy atom. The molecular formula is C6H14SiTe. The van der Waals surface area contributed by atoms with Gasteiger partial charge < -0.3 is 0 Å². The molecule has 1 saturated heterocycles. The normalized spacial score (nSPS) is 27.8. The summed E-state index contributed by atoms with van der Waals surface area (Å²) in [6.07, 6.45) is 1.58. The van der Waals surface area contributed by atoms with Gasteiger partial charge in [-0.2, -0.15) is 0 Å². The molecule has 0 aliphatic carbocycles. The third kappa shape index (κ3) is 2.09. The molecular weight excluding hydrogens is 228 g/mol. The zero-order valence-corrected chi connectivity index (χ0v) is 9.07. The summed E-state index contributed by atoms with van der Waals surface area (Å²) in [7, 11) is -0.533. The van der Waals surface area contributed by atoms with E-state index in [1.807, 2.05) is 0 Å². The van der Waals surface area contributed by atoms with Gasteiger partial charge in [0.25, 0.3) is 0 Å². The Hall–Kier alpha value is 1.01. The SMILES string of the molecule is C[Si]1(C)CCC[Te]C1. The molecule has 0 radical (unpaired) electrons. The van der Waals surface area contributed by atoms with Gasteiger partial charge in [-0.25, -0.2) is 0 Å². The van der Waals surface area contributed by atoms with E-state index in [1.54, 1.807) is 21.0 Å². The molecule has 1 fully saturated rings. The molecule has 0 unspecified atom stereocenters. The second-order valence-corrected chi connectivity index (χ2v) is 13.2. The predicted molar refractivity (Wildman–Crippen MR) is 42.3 cm³/mol. The van der Waals surface area contributed by atoms with Crippen molar-refractivity contribution in [1.29, 1.82) is 0 Å². The molecule has 1 aliphatic rings. The van der Waals surface area contributed by atoms with Crippen molar-refractivity contribution in [3.63, 3.8) is 0 Å². The van der Waals surface area contributed by atoms with Crippen molar-refractivity contribution in [3.05, 3.63) is 0 Å². The van der Waals surface area contributed by atoms with E-state index in [2.05, 4.69) is 13.1 Å². The molecule has 8 heavy (non-hydrogen) atoms. The van der Waals surface area contributed by atoms with Gasteiger partial charge >= 0.3 is 63.1 Å². The van der Waals surface area contributed by atoms with Gasteiger partial charge in [0, 0.05) is 0 Å². The van der Waals surface area contributed by atoms with Gasteiger partial charge in [0.15, 0.2) is 0 Å². The van der Waals surface area contributed by atoms with Crippen LogP contribution in [0.5, 0.6) is 0 Å². The molecule has 1 rings (SSSR count). The maximum absolute atomic E-state index is 2.55. The molecule has 0 bridgehead atoms. The Balaban J connectivity index is 2.33. The van der Waals surface area contributed by atoms with E-state index in [9.17, 15) is 0 Å². The minimum absolute atomic E-state index is 0.533. The van der Waals surface area contributed by atoms with E-state index < -0.39 is 8.07 Å². The Labute approximate surface area is 63.1 Å². The van der Waals surface area contributed by atoms with Crippen LogP contribution in [0.25, 0.3) is 0 Å². The zero-order valence-electron chi connectivity index (χ0n) is 5.74. The second kappa shape index (κ2) is 2.73. The molecule has 1 aliphatic heterocycles. The second-order valence-electron chi connectivity index (χ2n) is 3.32. The fraction of sp³-hybridized carbons (Fsp3) is 1.00. The van der Waals surface area contributed by atoms with Crippen molar-refractivity contribution in [1.82, 2.24) is 0 Å². The van der Waals surface area contributed by atoms with Gasteiger partial charge in [0.1, 0.15) is 0 Å². The summed E-state index contributed by atoms with van der Waals surface area (Å²) in [5.74, 6) is 0. The molecule has 1 heterocycles. The van der Waals surface area contributed by atoms with Crippen LogP contribution in [0.2, 0.25) is 27.7 Å². The summed E-state index contributed by atoms with van der Waals surface area (Å²) < 4.78 is 3.36. The Morgan fingerprint density at radius 3 is 2.38 bits per heavy atom. The maximum atomic E-state index is 2.55. The fourth-order valence-corrected chi connectivity index (χ4v) is 12.0. The van der Waals surface area contributed by atoms with Crippen molar-refractivity contribution in [3.8, 4) is 0 Å². The minimum atomic E-state index is -0.533. The summed E-state index contributed by atoms with van der Waals surface area (Å²) in [4.78, 5) is 0. The number of rotatable bonds is 0. The van der Waals surface area contributed by atoms with Crippen LogP contribution in [0.4, 0.5) is 0 Å². The van der Waals surface area contributed by atoms with Gasteiger partial charge in [0.05, 0.1) is 0 Å². The average Bonchev–Trinajstić information content (AvgIpc) is 1.65. The van der Waals surface area contributed by atoms with Crippen molar-refractivity contribution in [2.75, 3.05) is 0 Å². The molecule has 0 nitrogen and oxygen atoms in total. The predicted octanol–water partition coefficient (Wildman–Crippen LogP) is 2.18. The molecule has 0 amide bonds. The van der Waals surface area contributed by atoms with Crippen LogP contribution in [-0.4, -0.2) is 29.0 Å². The van der Waals surface area contributed by atoms with Gasteiger partial charge in [-0.05, 0) is 0 Å². The molecule has 0 saturated carbocycles. The van der Waals surface area contributed by atoms with Gasteiger partial charge in [-0.15, -0.1) is 0 Å². The molecule has 0 aromatic rings. The first-order chi connectivity index (χ1) is 3.71. The van der Waals surface area contributed by atoms with Crippen LogP contribution in [0, 0.1) is 0 Å². The van der Waals surface area contributed by atoms with Crippen LogP contribution < -0.4 is 0 Å². The molecule has 0 aromatic heterocycles. The summed E-state index contributed by atoms with van der Waals surface area (Å²) in [6, 6.07) is 1.62. The van der Waals surface area contributed by atoms with E-state index in [1.165, 1.54) is 0 Å². The standard InChI is InChI=1S/C6H14SiTe/c1-7(2)4-3-5-8-6-7/h3-6H2,1-2H3. The quantitative estimate of drug-likeness (QED) is 0.571. The Morgan fingerprint density at radius 2 is 2.12 bits per heavy atom. The van der Waals surface area contributed by atoms with Crippen LogP contribution in [0.15, 0.2) is 0 Å². The average molecular weight is 242 g/mol. The topological polar surface area (TPSA) is 0 Å². The van der Waals surface area contributed by atoms with E-state index in [4.69, 9.17) is 0 Å². The summed E-state index contributed by atoms with van der Waals surface area (Å²) in [5, 5.41) is 0. The van der Waals surface area contributed by atoms with E-state index in [0.29, 0.717) is 20.9 Å². The van der Waals surface area contributed by atoms with E-state index in [0.717, 1.165) is 0 Å². The Kier molecular flexibility index (Phi) is 2.43. The number of hydrogen-bond acceptors (Lipinski definition) is 0. The zero-order chi connectivity index (χ0) is 6.04. The summed E-state index contributed by atoms with van der Waals surface area (Å²) >= 11 is 0.534. The molecule has 48 valence electrons. The van der Waals surface area contributed by atoms with E-state index >= 15 is 0 Å². The van der Waals surface area contributed by atoms with Crippen LogP contribution in [0.1, 0.15) is 6.42 Å². The third-order valence-electron chi connectivity index (χ3n) is 1.64. The van der Waals surface area contributed by atoms with Crippen molar-refractivity contribution < 1.29 is 0 Å². The molecule has 0 spiro atoms. The fourth-order valence-electron chi connectivity index (χ4n) is 1.07. The first-order valence-corrected chi connectivity index (χ1v) is 9.99. The van der Waals surface area contributed by atoms with Crippen molar-refractivity contribution in [2.45, 2.75) is 34.1 Å².